The normalized spacial score (nSPS) is 10.0. The highest BCUT2D eigenvalue weighted by atomic mass is 35.5. The summed E-state index contributed by atoms with van der Waals surface area (Å²) in [6.45, 7) is 0. The Bertz CT molecular complexity index is 396. The van der Waals surface area contributed by atoms with Crippen LogP contribution in [0.3, 0.4) is 0 Å². The van der Waals surface area contributed by atoms with Crippen LogP contribution >= 0.6 is 34.8 Å². The lowest BCUT2D eigenvalue weighted by atomic mass is 10.3. The Hall–Kier alpha value is -0.750. The number of carboxylic acid groups (broad SMARTS) is 1. The van der Waals surface area contributed by atoms with Gasteiger partial charge in [0.05, 0.1) is 10.7 Å². The molecule has 0 aliphatic heterocycles. The van der Waals surface area contributed by atoms with Gasteiger partial charge in [-0.2, -0.15) is 0 Å². The van der Waals surface area contributed by atoms with Gasteiger partial charge in [-0.05, 0) is 0 Å². The van der Waals surface area contributed by atoms with Gasteiger partial charge >= 0.3 is 5.97 Å². The van der Waals surface area contributed by atoms with Gasteiger partial charge in [0.25, 0.3) is 0 Å². The number of nitrogens with two attached hydrogens (primary N) is 1. The lowest BCUT2D eigenvalue weighted by molar-refractivity contribution is 0.0691. The molecule has 0 atom stereocenters. The van der Waals surface area contributed by atoms with Crippen LogP contribution in [0.15, 0.2) is 0 Å². The van der Waals surface area contributed by atoms with E-state index in [1.54, 1.807) is 0 Å². The average Bonchev–Trinajstić information content (AvgIpc) is 2.12. The second-order valence-electron chi connectivity index (χ2n) is 2.20. The zero-order valence-electron chi connectivity index (χ0n) is 6.51. The number of anilines is 1. The summed E-state index contributed by atoms with van der Waals surface area (Å²) in [5, 5.41) is 8.29. The molecule has 1 rings (SSSR count). The number of hydrogen-bond donors (Lipinski definition) is 3. The highest BCUT2D eigenvalue weighted by molar-refractivity contribution is 6.46. The Morgan fingerprint density at radius 2 is 1.93 bits per heavy atom. The van der Waals surface area contributed by atoms with Crippen molar-refractivity contribution < 1.29 is 9.90 Å². The van der Waals surface area contributed by atoms with Gasteiger partial charge < -0.3 is 10.5 Å². The van der Waals surface area contributed by atoms with Crippen molar-refractivity contribution in [2.45, 2.75) is 0 Å². The maximum absolute atomic E-state index is 10.6. The molecule has 0 radical (unpaired) electrons. The number of hydrazine groups is 1. The molecule has 1 aromatic rings. The summed E-state index contributed by atoms with van der Waals surface area (Å²) in [4.78, 5) is 14.1. The Balaban J connectivity index is 3.50. The molecule has 4 N–H and O–H groups in total. The van der Waals surface area contributed by atoms with E-state index in [0.29, 0.717) is 0 Å². The number of hydrogen-bond acceptors (Lipinski definition) is 4. The third-order valence-electron chi connectivity index (χ3n) is 1.38. The second kappa shape index (κ2) is 4.18. The molecule has 0 aromatic carbocycles. The van der Waals surface area contributed by atoms with Crippen molar-refractivity contribution in [1.29, 1.82) is 0 Å². The molecule has 1 aromatic heterocycles. The molecule has 76 valence electrons. The van der Waals surface area contributed by atoms with Crippen LogP contribution in [-0.4, -0.2) is 16.1 Å². The molecule has 0 bridgehead atoms. The van der Waals surface area contributed by atoms with E-state index in [2.05, 4.69) is 10.4 Å². The number of pyridine rings is 1. The van der Waals surface area contributed by atoms with Crippen LogP contribution in [0, 0.1) is 0 Å². The molecular weight excluding hydrogens is 252 g/mol. The molecule has 8 heteroatoms. The largest absolute Gasteiger partial charge is 0.476 e. The Morgan fingerprint density at radius 3 is 2.36 bits per heavy atom. The maximum Gasteiger partial charge on any atom is 0.356 e. The average molecular weight is 256 g/mol. The van der Waals surface area contributed by atoms with Crippen LogP contribution in [0.5, 0.6) is 0 Å². The molecule has 1 heterocycles. The van der Waals surface area contributed by atoms with Crippen LogP contribution in [0.25, 0.3) is 0 Å². The van der Waals surface area contributed by atoms with Gasteiger partial charge in [0.2, 0.25) is 0 Å². The van der Waals surface area contributed by atoms with E-state index in [1.807, 2.05) is 0 Å². The monoisotopic (exact) mass is 255 g/mol. The fraction of sp³-hybridized carbons (Fsp3) is 0. The van der Waals surface area contributed by atoms with Crippen molar-refractivity contribution in [3.05, 3.63) is 20.9 Å². The predicted molar refractivity (Wildman–Crippen MR) is 54.0 cm³/mol. The zero-order valence-corrected chi connectivity index (χ0v) is 8.78. The first-order chi connectivity index (χ1) is 6.49. The fourth-order valence-corrected chi connectivity index (χ4v) is 1.47. The SMILES string of the molecule is NNc1c(Cl)c(Cl)nc(C(=O)O)c1Cl. The Labute approximate surface area is 93.7 Å². The summed E-state index contributed by atoms with van der Waals surface area (Å²) < 4.78 is 0. The summed E-state index contributed by atoms with van der Waals surface area (Å²) in [5.74, 6) is 3.78. The summed E-state index contributed by atoms with van der Waals surface area (Å²) in [5.41, 5.74) is 1.77. The number of rotatable bonds is 2. The minimum atomic E-state index is -1.31. The summed E-state index contributed by atoms with van der Waals surface area (Å²) in [6.07, 6.45) is 0. The number of aromatic nitrogens is 1. The predicted octanol–water partition coefficient (Wildman–Crippen LogP) is 2.03. The van der Waals surface area contributed by atoms with E-state index in [4.69, 9.17) is 45.8 Å². The van der Waals surface area contributed by atoms with Gasteiger partial charge in [-0.1, -0.05) is 34.8 Å². The van der Waals surface area contributed by atoms with Gasteiger partial charge in [-0.25, -0.2) is 9.78 Å². The van der Waals surface area contributed by atoms with Gasteiger partial charge in [-0.15, -0.1) is 0 Å². The van der Waals surface area contributed by atoms with E-state index in [0.717, 1.165) is 0 Å². The summed E-state index contributed by atoms with van der Waals surface area (Å²) in [6, 6.07) is 0. The van der Waals surface area contributed by atoms with Gasteiger partial charge in [0, 0.05) is 0 Å². The number of carboxylic acids is 1. The van der Waals surface area contributed by atoms with Crippen LogP contribution in [0.4, 0.5) is 5.69 Å². The highest BCUT2D eigenvalue weighted by Gasteiger charge is 2.19. The molecule has 0 aliphatic rings. The summed E-state index contributed by atoms with van der Waals surface area (Å²) >= 11 is 16.9. The minimum Gasteiger partial charge on any atom is -0.476 e. The molecule has 0 spiro atoms. The standard InChI is InChI=1S/C6H4Cl3N3O2/c7-1-3(12-10)2(8)5(9)11-4(1)6(13)14/h10H2,(H,11,12)(H,13,14). The number of nitrogens with zero attached hydrogens (tertiary/aromatic N) is 1. The van der Waals surface area contributed by atoms with Crippen molar-refractivity contribution in [2.24, 2.45) is 5.84 Å². The van der Waals surface area contributed by atoms with Crippen molar-refractivity contribution in [2.75, 3.05) is 5.43 Å². The van der Waals surface area contributed by atoms with Gasteiger partial charge in [-0.3, -0.25) is 5.84 Å². The summed E-state index contributed by atoms with van der Waals surface area (Å²) in [7, 11) is 0. The topological polar surface area (TPSA) is 88.2 Å². The van der Waals surface area contributed by atoms with Crippen molar-refractivity contribution in [3.8, 4) is 0 Å². The fourth-order valence-electron chi connectivity index (χ4n) is 0.783. The number of nitrogens with one attached hydrogen (secondary N) is 1. The van der Waals surface area contributed by atoms with Gasteiger partial charge in [0.1, 0.15) is 5.02 Å². The zero-order chi connectivity index (χ0) is 10.9. The molecule has 0 fully saturated rings. The lowest BCUT2D eigenvalue weighted by Gasteiger charge is -2.08. The number of aromatic carboxylic acids is 1. The molecule has 0 amide bonds. The van der Waals surface area contributed by atoms with E-state index >= 15 is 0 Å². The Kier molecular flexibility index (Phi) is 3.38. The van der Waals surface area contributed by atoms with Crippen molar-refractivity contribution >= 4 is 46.5 Å². The van der Waals surface area contributed by atoms with Crippen LogP contribution < -0.4 is 11.3 Å². The second-order valence-corrected chi connectivity index (χ2v) is 3.32. The third kappa shape index (κ3) is 1.85. The Morgan fingerprint density at radius 1 is 1.36 bits per heavy atom. The van der Waals surface area contributed by atoms with Crippen LogP contribution in [-0.2, 0) is 0 Å². The number of carbonyl (C=O) groups is 1. The van der Waals surface area contributed by atoms with Crippen LogP contribution in [0.2, 0.25) is 15.2 Å². The van der Waals surface area contributed by atoms with Gasteiger partial charge in [0.15, 0.2) is 10.8 Å². The van der Waals surface area contributed by atoms with Crippen molar-refractivity contribution in [1.82, 2.24) is 4.98 Å². The molecule has 5 nitrogen and oxygen atoms in total. The molecule has 0 unspecified atom stereocenters. The van der Waals surface area contributed by atoms with E-state index < -0.39 is 11.7 Å². The first-order valence-electron chi connectivity index (χ1n) is 3.23. The van der Waals surface area contributed by atoms with Crippen LogP contribution in [0.1, 0.15) is 10.5 Å². The maximum atomic E-state index is 10.6. The molecule has 0 saturated carbocycles. The number of halogens is 3. The van der Waals surface area contributed by atoms with E-state index in [1.165, 1.54) is 0 Å². The van der Waals surface area contributed by atoms with E-state index in [9.17, 15) is 4.79 Å². The van der Waals surface area contributed by atoms with Crippen molar-refractivity contribution in [3.63, 3.8) is 0 Å². The highest BCUT2D eigenvalue weighted by Crippen LogP contribution is 2.35. The number of nitrogen functional groups attached to an aromatic ring is 1. The first kappa shape index (κ1) is 11.3. The molecular formula is C6H4Cl3N3O2. The molecule has 0 aliphatic carbocycles. The molecule has 14 heavy (non-hydrogen) atoms. The smallest absolute Gasteiger partial charge is 0.356 e. The lowest BCUT2D eigenvalue weighted by Crippen LogP contribution is -2.11. The third-order valence-corrected chi connectivity index (χ3v) is 2.49. The first-order valence-corrected chi connectivity index (χ1v) is 4.36. The minimum absolute atomic E-state index is 0.0239. The quantitative estimate of drug-likeness (QED) is 0.428. The van der Waals surface area contributed by atoms with E-state index in [-0.39, 0.29) is 20.9 Å². The molecule has 0 saturated heterocycles.